The van der Waals surface area contributed by atoms with Gasteiger partial charge < -0.3 is 10.2 Å². The van der Waals surface area contributed by atoms with E-state index in [9.17, 15) is 17.6 Å². The molecule has 4 aromatic rings. The number of sulfonamides is 1. The van der Waals surface area contributed by atoms with Crippen LogP contribution in [0.1, 0.15) is 30.0 Å². The van der Waals surface area contributed by atoms with E-state index in [1.807, 2.05) is 10.8 Å². The third-order valence-electron chi connectivity index (χ3n) is 5.67. The fourth-order valence-corrected chi connectivity index (χ4v) is 5.33. The number of nitrogens with zero attached hydrogens (tertiary/aromatic N) is 2. The van der Waals surface area contributed by atoms with Crippen LogP contribution in [-0.2, 0) is 16.4 Å². The van der Waals surface area contributed by atoms with Gasteiger partial charge in [-0.05, 0) is 54.7 Å². The van der Waals surface area contributed by atoms with E-state index in [1.54, 1.807) is 12.1 Å². The lowest BCUT2D eigenvalue weighted by molar-refractivity contribution is 0.437. The third-order valence-corrected chi connectivity index (χ3v) is 7.04. The Labute approximate surface area is 186 Å². The summed E-state index contributed by atoms with van der Waals surface area (Å²) in [6, 6.07) is 10.5. The molecule has 0 amide bonds. The van der Waals surface area contributed by atoms with E-state index in [0.29, 0.717) is 12.1 Å². The standard InChI is InChI=1S/C22H18F2N4O4S/c23-15-10-17-18(11-19(15)33(30,31)27-21-6-2-5-20(24)26-21)32-22(29)28(17)16-4-1-3-12-7-8-13(25)9-14(12)16/h2,5-11,16H,1,3-4,25H2,(H,26,27). The SMILES string of the molecule is Nc1ccc2c(c1)C(n1c(=O)oc3cc(S(=O)(=O)Nc4cccc(F)n4)c(F)cc31)CCC2. The summed E-state index contributed by atoms with van der Waals surface area (Å²) in [4.78, 5) is 15.4. The van der Waals surface area contributed by atoms with Crippen LogP contribution in [-0.4, -0.2) is 18.0 Å². The number of fused-ring (bicyclic) bond motifs is 2. The first-order valence-corrected chi connectivity index (χ1v) is 11.6. The molecule has 1 unspecified atom stereocenters. The van der Waals surface area contributed by atoms with Crippen molar-refractivity contribution in [3.05, 3.63) is 82.0 Å². The van der Waals surface area contributed by atoms with Crippen molar-refractivity contribution in [1.29, 1.82) is 0 Å². The third kappa shape index (κ3) is 3.74. The van der Waals surface area contributed by atoms with Gasteiger partial charge in [0.1, 0.15) is 16.5 Å². The molecule has 0 radical (unpaired) electrons. The number of hydrogen-bond acceptors (Lipinski definition) is 6. The zero-order valence-electron chi connectivity index (χ0n) is 17.1. The second kappa shape index (κ2) is 7.69. The molecule has 0 aliphatic heterocycles. The van der Waals surface area contributed by atoms with E-state index in [1.165, 1.54) is 16.7 Å². The molecule has 1 aliphatic rings. The Morgan fingerprint density at radius 3 is 2.76 bits per heavy atom. The van der Waals surface area contributed by atoms with Gasteiger partial charge in [-0.2, -0.15) is 4.39 Å². The van der Waals surface area contributed by atoms with Gasteiger partial charge in [-0.1, -0.05) is 12.1 Å². The Morgan fingerprint density at radius 2 is 1.97 bits per heavy atom. The summed E-state index contributed by atoms with van der Waals surface area (Å²) >= 11 is 0. The van der Waals surface area contributed by atoms with Gasteiger partial charge in [-0.3, -0.25) is 9.29 Å². The minimum Gasteiger partial charge on any atom is -0.408 e. The Bertz CT molecular complexity index is 1560. The molecule has 33 heavy (non-hydrogen) atoms. The van der Waals surface area contributed by atoms with Gasteiger partial charge >= 0.3 is 5.76 Å². The molecule has 5 rings (SSSR count). The molecule has 8 nitrogen and oxygen atoms in total. The van der Waals surface area contributed by atoms with Gasteiger partial charge in [0.2, 0.25) is 5.95 Å². The molecular formula is C22H18F2N4O4S. The number of pyridine rings is 1. The molecule has 0 saturated heterocycles. The zero-order chi connectivity index (χ0) is 23.3. The number of rotatable bonds is 4. The first kappa shape index (κ1) is 21.1. The number of hydrogen-bond donors (Lipinski definition) is 2. The lowest BCUT2D eigenvalue weighted by Crippen LogP contribution is -2.25. The molecule has 0 saturated carbocycles. The molecular weight excluding hydrogens is 454 g/mol. The van der Waals surface area contributed by atoms with E-state index >= 15 is 4.39 Å². The van der Waals surface area contributed by atoms with Crippen molar-refractivity contribution in [2.45, 2.75) is 30.2 Å². The van der Waals surface area contributed by atoms with Crippen LogP contribution in [0.5, 0.6) is 0 Å². The van der Waals surface area contributed by atoms with Crippen molar-refractivity contribution < 1.29 is 21.6 Å². The van der Waals surface area contributed by atoms with Crippen molar-refractivity contribution >= 4 is 32.6 Å². The second-order valence-electron chi connectivity index (χ2n) is 7.81. The van der Waals surface area contributed by atoms with Crippen LogP contribution in [0.3, 0.4) is 0 Å². The minimum atomic E-state index is -4.48. The van der Waals surface area contributed by atoms with Gasteiger partial charge in [0.25, 0.3) is 10.0 Å². The molecule has 0 bridgehead atoms. The molecule has 2 heterocycles. The van der Waals surface area contributed by atoms with Crippen molar-refractivity contribution in [3.8, 4) is 0 Å². The lowest BCUT2D eigenvalue weighted by Gasteiger charge is -2.26. The van der Waals surface area contributed by atoms with Crippen LogP contribution >= 0.6 is 0 Å². The van der Waals surface area contributed by atoms with E-state index in [4.69, 9.17) is 10.2 Å². The zero-order valence-corrected chi connectivity index (χ0v) is 17.9. The van der Waals surface area contributed by atoms with Crippen LogP contribution < -0.4 is 16.2 Å². The van der Waals surface area contributed by atoms with Crippen molar-refractivity contribution in [2.75, 3.05) is 10.5 Å². The summed E-state index contributed by atoms with van der Waals surface area (Å²) < 4.78 is 62.4. The predicted octanol–water partition coefficient (Wildman–Crippen LogP) is 3.58. The normalized spacial score (nSPS) is 16.0. The smallest absolute Gasteiger partial charge is 0.408 e. The summed E-state index contributed by atoms with van der Waals surface area (Å²) in [6.07, 6.45) is 2.24. The molecule has 1 atom stereocenters. The maximum atomic E-state index is 15.0. The molecule has 0 spiro atoms. The molecule has 11 heteroatoms. The average Bonchev–Trinajstić information content (AvgIpc) is 3.07. The first-order valence-electron chi connectivity index (χ1n) is 10.1. The largest absolute Gasteiger partial charge is 0.420 e. The van der Waals surface area contributed by atoms with E-state index in [0.717, 1.165) is 42.2 Å². The Morgan fingerprint density at radius 1 is 1.15 bits per heavy atom. The van der Waals surface area contributed by atoms with E-state index in [-0.39, 0.29) is 16.9 Å². The highest BCUT2D eigenvalue weighted by molar-refractivity contribution is 7.92. The Hall–Kier alpha value is -3.73. The van der Waals surface area contributed by atoms with Crippen LogP contribution in [0.15, 0.2) is 62.6 Å². The number of aryl methyl sites for hydroxylation is 1. The summed E-state index contributed by atoms with van der Waals surface area (Å²) in [6.45, 7) is 0. The topological polar surface area (TPSA) is 120 Å². The van der Waals surface area contributed by atoms with Gasteiger partial charge in [0.05, 0.1) is 11.6 Å². The van der Waals surface area contributed by atoms with Crippen LogP contribution in [0.25, 0.3) is 11.1 Å². The number of oxazole rings is 1. The summed E-state index contributed by atoms with van der Waals surface area (Å²) in [5, 5.41) is 0. The number of aromatic nitrogens is 2. The quantitative estimate of drug-likeness (QED) is 0.346. The lowest BCUT2D eigenvalue weighted by atomic mass is 9.87. The fraction of sp³-hybridized carbons (Fsp3) is 0.182. The van der Waals surface area contributed by atoms with Gasteiger partial charge in [0.15, 0.2) is 5.58 Å². The average molecular weight is 472 g/mol. The maximum Gasteiger partial charge on any atom is 0.420 e. The van der Waals surface area contributed by atoms with Crippen molar-refractivity contribution in [2.24, 2.45) is 0 Å². The highest BCUT2D eigenvalue weighted by Gasteiger charge is 2.29. The molecule has 0 fully saturated rings. The summed E-state index contributed by atoms with van der Waals surface area (Å²) in [5.74, 6) is -3.05. The number of halogens is 2. The maximum absolute atomic E-state index is 15.0. The van der Waals surface area contributed by atoms with Gasteiger partial charge in [0, 0.05) is 17.8 Å². The second-order valence-corrected chi connectivity index (χ2v) is 9.46. The van der Waals surface area contributed by atoms with Gasteiger partial charge in [-0.25, -0.2) is 22.6 Å². The predicted molar refractivity (Wildman–Crippen MR) is 117 cm³/mol. The first-order chi connectivity index (χ1) is 15.7. The van der Waals surface area contributed by atoms with Crippen molar-refractivity contribution in [1.82, 2.24) is 9.55 Å². The monoisotopic (exact) mass is 472 g/mol. The van der Waals surface area contributed by atoms with Gasteiger partial charge in [-0.15, -0.1) is 0 Å². The Kier molecular flexibility index (Phi) is 4.93. The molecule has 3 N–H and O–H groups in total. The highest BCUT2D eigenvalue weighted by atomic mass is 32.2. The number of nitrogens with one attached hydrogen (secondary N) is 1. The summed E-state index contributed by atoms with van der Waals surface area (Å²) in [7, 11) is -4.48. The fourth-order valence-electron chi connectivity index (χ4n) is 4.26. The summed E-state index contributed by atoms with van der Waals surface area (Å²) in [5.41, 5.74) is 8.40. The molecule has 170 valence electrons. The number of nitrogens with two attached hydrogens (primary N) is 1. The number of nitrogen functional groups attached to an aromatic ring is 1. The van der Waals surface area contributed by atoms with E-state index < -0.39 is 38.5 Å². The highest BCUT2D eigenvalue weighted by Crippen LogP contribution is 2.36. The van der Waals surface area contributed by atoms with Crippen LogP contribution in [0.4, 0.5) is 20.3 Å². The minimum absolute atomic E-state index is 0.0926. The molecule has 1 aliphatic carbocycles. The molecule has 2 aromatic carbocycles. The van der Waals surface area contributed by atoms with E-state index in [2.05, 4.69) is 4.98 Å². The van der Waals surface area contributed by atoms with Crippen molar-refractivity contribution in [3.63, 3.8) is 0 Å². The number of anilines is 2. The Balaban J connectivity index is 1.61. The van der Waals surface area contributed by atoms with Crippen LogP contribution in [0, 0.1) is 11.8 Å². The number of benzene rings is 2. The molecule has 2 aromatic heterocycles. The van der Waals surface area contributed by atoms with Crippen LogP contribution in [0.2, 0.25) is 0 Å².